The van der Waals surface area contributed by atoms with E-state index < -0.39 is 0 Å². The quantitative estimate of drug-likeness (QED) is 0.155. The minimum absolute atomic E-state index is 1.17. The molecule has 4 heteroatoms. The summed E-state index contributed by atoms with van der Waals surface area (Å²) in [6.45, 7) is 0. The smallest absolute Gasteiger partial charge is 0.0726 e. The Morgan fingerprint density at radius 2 is 0.540 bits per heavy atom. The monoisotopic (exact) mass is 1300 g/mol. The molecule has 0 spiro atoms. The summed E-state index contributed by atoms with van der Waals surface area (Å²) in [5, 5.41) is 34.1. The first-order valence-electron chi connectivity index (χ1n) is 34.5. The van der Waals surface area contributed by atoms with Gasteiger partial charge < -0.3 is 9.13 Å². The number of benzene rings is 19. The molecule has 0 aliphatic heterocycles. The van der Waals surface area contributed by atoms with Crippen LogP contribution in [0, 0.1) is 0 Å². The van der Waals surface area contributed by atoms with Crippen LogP contribution < -0.4 is 0 Å². The minimum Gasteiger partial charge on any atom is -0.308 e. The molecule has 0 atom stereocenters. The van der Waals surface area contributed by atoms with Crippen LogP contribution in [-0.4, -0.2) is 9.13 Å². The van der Waals surface area contributed by atoms with Crippen molar-refractivity contribution in [2.75, 3.05) is 0 Å². The van der Waals surface area contributed by atoms with Crippen molar-refractivity contribution in [3.05, 3.63) is 340 Å². The molecule has 0 N–H and O–H groups in total. The SMILES string of the molecule is c1cc(-c2ccc3ccc4ccccc4c3c2)cc(-n2c3ccccc3c3c4c5ccccc5c5ccccc5c4c4c5ccccc5sc4c32)c1.c1ccc2cc(-c3ccc(-n4c5ccccc5c5c6c7ccccc7c7ccccc7c6c6c7ccccc7sc6c54)cc3)ccc2c1. The second kappa shape index (κ2) is 21.5. The lowest BCUT2D eigenvalue weighted by Gasteiger charge is -2.15. The Morgan fingerprint density at radius 1 is 0.180 bits per heavy atom. The molecule has 462 valence electrons. The average Bonchev–Trinajstić information content (AvgIpc) is 1.51. The van der Waals surface area contributed by atoms with Gasteiger partial charge in [-0.05, 0) is 158 Å². The van der Waals surface area contributed by atoms with Crippen molar-refractivity contribution < 1.29 is 0 Å². The van der Waals surface area contributed by atoms with Gasteiger partial charge in [0.25, 0.3) is 0 Å². The first kappa shape index (κ1) is 55.7. The van der Waals surface area contributed by atoms with Crippen LogP contribution in [0.5, 0.6) is 0 Å². The highest BCUT2D eigenvalue weighted by Gasteiger charge is 2.28. The molecule has 2 nitrogen and oxygen atoms in total. The summed E-state index contributed by atoms with van der Waals surface area (Å²) < 4.78 is 10.4. The summed E-state index contributed by atoms with van der Waals surface area (Å²) >= 11 is 3.85. The summed E-state index contributed by atoms with van der Waals surface area (Å²) in [5.41, 5.74) is 12.3. The maximum absolute atomic E-state index is 2.55. The van der Waals surface area contributed by atoms with E-state index in [1.807, 2.05) is 22.7 Å². The van der Waals surface area contributed by atoms with Crippen LogP contribution in [0.15, 0.2) is 340 Å². The van der Waals surface area contributed by atoms with E-state index in [1.165, 1.54) is 215 Å². The van der Waals surface area contributed by atoms with Gasteiger partial charge in [0.2, 0.25) is 0 Å². The maximum atomic E-state index is 2.55. The molecule has 0 aliphatic carbocycles. The fraction of sp³-hybridized carbons (Fsp3) is 0. The lowest BCUT2D eigenvalue weighted by molar-refractivity contribution is 1.19. The van der Waals surface area contributed by atoms with E-state index in [0.717, 1.165) is 0 Å². The third-order valence-electron chi connectivity index (χ3n) is 21.6. The van der Waals surface area contributed by atoms with Crippen LogP contribution in [0.4, 0.5) is 0 Å². The minimum atomic E-state index is 1.17. The van der Waals surface area contributed by atoms with E-state index >= 15 is 0 Å². The Morgan fingerprint density at radius 3 is 1.07 bits per heavy atom. The average molecular weight is 1300 g/mol. The Hall–Kier alpha value is -12.4. The van der Waals surface area contributed by atoms with Crippen molar-refractivity contribution in [2.24, 2.45) is 0 Å². The van der Waals surface area contributed by atoms with Crippen molar-refractivity contribution in [1.29, 1.82) is 0 Å². The van der Waals surface area contributed by atoms with Gasteiger partial charge in [-0.2, -0.15) is 0 Å². The van der Waals surface area contributed by atoms with E-state index in [4.69, 9.17) is 0 Å². The number of para-hydroxylation sites is 2. The van der Waals surface area contributed by atoms with Crippen LogP contribution in [-0.2, 0) is 0 Å². The summed E-state index contributed by atoms with van der Waals surface area (Å²) in [7, 11) is 0. The van der Waals surface area contributed by atoms with Gasteiger partial charge in [-0.15, -0.1) is 22.7 Å². The standard InChI is InChI=1S/C50H29NS.C46H27NS/c1-2-15-35-30(12-1)24-25-31-26-27-33(29-42(31)35)32-13-11-14-34(28-32)51-43-22-9-7-20-40(43)47-45-38-18-5-3-16-36(38)37-17-4-6-19-39(37)46(45)48-41-21-8-10-23-44(41)52-50(48)49(47)51;1-2-12-30-27-31(22-21-28(30)11-1)29-23-25-32(26-24-29)47-39-19-9-7-17-37(39)43-41-35-15-5-3-13-33(35)34-14-4-6-16-36(34)42(41)44-38-18-8-10-20-40(38)48-46(44)45(43)47/h1-29H;1-27H. The predicted octanol–water partition coefficient (Wildman–Crippen LogP) is 28.0. The third-order valence-corrected chi connectivity index (χ3v) is 24.0. The fourth-order valence-electron chi connectivity index (χ4n) is 17.4. The van der Waals surface area contributed by atoms with Crippen molar-refractivity contribution in [1.82, 2.24) is 9.13 Å². The molecular weight excluding hydrogens is 1250 g/mol. The number of fused-ring (bicyclic) bond motifs is 34. The zero-order valence-electron chi connectivity index (χ0n) is 54.0. The molecule has 23 aromatic rings. The Kier molecular flexibility index (Phi) is 12.0. The maximum Gasteiger partial charge on any atom is 0.0726 e. The largest absolute Gasteiger partial charge is 0.308 e. The van der Waals surface area contributed by atoms with Crippen molar-refractivity contribution in [3.63, 3.8) is 0 Å². The molecule has 100 heavy (non-hydrogen) atoms. The van der Waals surface area contributed by atoms with E-state index in [9.17, 15) is 0 Å². The van der Waals surface area contributed by atoms with Gasteiger partial charge in [0, 0.05) is 85.4 Å². The van der Waals surface area contributed by atoms with Crippen LogP contribution in [0.3, 0.4) is 0 Å². The highest BCUT2D eigenvalue weighted by atomic mass is 32.1. The molecular formula is C96H56N2S2. The molecule has 0 unspecified atom stereocenters. The topological polar surface area (TPSA) is 9.86 Å². The van der Waals surface area contributed by atoms with Crippen molar-refractivity contribution in [3.8, 4) is 33.6 Å². The Bertz CT molecular complexity index is 7460. The first-order chi connectivity index (χ1) is 49.6. The van der Waals surface area contributed by atoms with Crippen LogP contribution >= 0.6 is 22.7 Å². The zero-order chi connectivity index (χ0) is 65.3. The van der Waals surface area contributed by atoms with Gasteiger partial charge in [0.05, 0.1) is 31.5 Å². The molecule has 0 saturated carbocycles. The Labute approximate surface area is 581 Å². The van der Waals surface area contributed by atoms with Gasteiger partial charge in [-0.3, -0.25) is 0 Å². The van der Waals surface area contributed by atoms with Crippen LogP contribution in [0.25, 0.3) is 215 Å². The first-order valence-corrected chi connectivity index (χ1v) is 36.1. The number of nitrogens with zero attached hydrogens (tertiary/aromatic N) is 2. The lowest BCUT2D eigenvalue weighted by Crippen LogP contribution is -1.95. The molecule has 0 saturated heterocycles. The summed E-state index contributed by atoms with van der Waals surface area (Å²) in [6.07, 6.45) is 0. The van der Waals surface area contributed by atoms with Gasteiger partial charge in [-0.1, -0.05) is 279 Å². The highest BCUT2D eigenvalue weighted by Crippen LogP contribution is 2.54. The molecule has 0 amide bonds. The molecule has 0 radical (unpaired) electrons. The third kappa shape index (κ3) is 8.00. The number of thiophene rings is 2. The molecule has 4 aromatic heterocycles. The normalized spacial score (nSPS) is 12.2. The van der Waals surface area contributed by atoms with Crippen molar-refractivity contribution >= 4 is 204 Å². The summed E-state index contributed by atoms with van der Waals surface area (Å²) in [5.74, 6) is 0. The molecule has 0 aliphatic rings. The zero-order valence-corrected chi connectivity index (χ0v) is 55.7. The predicted molar refractivity (Wildman–Crippen MR) is 436 cm³/mol. The number of hydrogen-bond donors (Lipinski definition) is 0. The van der Waals surface area contributed by atoms with E-state index in [0.29, 0.717) is 0 Å². The summed E-state index contributed by atoms with van der Waals surface area (Å²) in [4.78, 5) is 0. The second-order valence-corrected chi connectivity index (χ2v) is 28.9. The molecule has 19 aromatic carbocycles. The number of hydrogen-bond acceptors (Lipinski definition) is 2. The lowest BCUT2D eigenvalue weighted by atomic mass is 9.89. The van der Waals surface area contributed by atoms with Crippen LogP contribution in [0.2, 0.25) is 0 Å². The van der Waals surface area contributed by atoms with Crippen molar-refractivity contribution in [2.45, 2.75) is 0 Å². The highest BCUT2D eigenvalue weighted by molar-refractivity contribution is 7.27. The Balaban J connectivity index is 0.000000128. The number of aromatic nitrogens is 2. The molecule has 4 heterocycles. The van der Waals surface area contributed by atoms with E-state index in [2.05, 4.69) is 349 Å². The summed E-state index contributed by atoms with van der Waals surface area (Å²) in [6, 6.07) is 126. The fourth-order valence-corrected chi connectivity index (χ4v) is 19.9. The van der Waals surface area contributed by atoms with Gasteiger partial charge in [-0.25, -0.2) is 0 Å². The van der Waals surface area contributed by atoms with Crippen LogP contribution in [0.1, 0.15) is 0 Å². The van der Waals surface area contributed by atoms with Gasteiger partial charge >= 0.3 is 0 Å². The van der Waals surface area contributed by atoms with E-state index in [1.54, 1.807) is 0 Å². The molecule has 23 rings (SSSR count). The number of rotatable bonds is 4. The molecule has 0 bridgehead atoms. The van der Waals surface area contributed by atoms with Gasteiger partial charge in [0.1, 0.15) is 0 Å². The van der Waals surface area contributed by atoms with Gasteiger partial charge in [0.15, 0.2) is 0 Å². The van der Waals surface area contributed by atoms with E-state index in [-0.39, 0.29) is 0 Å². The second-order valence-electron chi connectivity index (χ2n) is 26.8. The molecule has 0 fully saturated rings.